The molecule has 0 aromatic heterocycles. The molecule has 18 heavy (non-hydrogen) atoms. The highest BCUT2D eigenvalue weighted by molar-refractivity contribution is 5.85. The summed E-state index contributed by atoms with van der Waals surface area (Å²) in [5.41, 5.74) is 0. The highest BCUT2D eigenvalue weighted by atomic mass is 35.5. The molecule has 0 aromatic rings. The molecular formula is C12H25Cl2N3O. The van der Waals surface area contributed by atoms with Crippen molar-refractivity contribution in [2.75, 3.05) is 26.7 Å². The maximum atomic E-state index is 11.8. The average molecular weight is 298 g/mol. The van der Waals surface area contributed by atoms with Crippen LogP contribution in [0.2, 0.25) is 0 Å². The lowest BCUT2D eigenvalue weighted by atomic mass is 10.1. The van der Waals surface area contributed by atoms with Gasteiger partial charge < -0.3 is 10.6 Å². The van der Waals surface area contributed by atoms with E-state index in [1.54, 1.807) is 0 Å². The zero-order chi connectivity index (χ0) is 11.5. The van der Waals surface area contributed by atoms with Gasteiger partial charge >= 0.3 is 0 Å². The molecule has 1 saturated carbocycles. The lowest BCUT2D eigenvalue weighted by Crippen LogP contribution is -2.42. The zero-order valence-electron chi connectivity index (χ0n) is 11.1. The van der Waals surface area contributed by atoms with Crippen molar-refractivity contribution >= 4 is 30.7 Å². The third-order valence-electron chi connectivity index (χ3n) is 3.59. The number of halogens is 2. The Balaban J connectivity index is 0.00000144. The van der Waals surface area contributed by atoms with Crippen LogP contribution in [0.4, 0.5) is 0 Å². The predicted molar refractivity (Wildman–Crippen MR) is 78.7 cm³/mol. The quantitative estimate of drug-likeness (QED) is 0.797. The molecule has 0 aromatic carbocycles. The monoisotopic (exact) mass is 297 g/mol. The van der Waals surface area contributed by atoms with Crippen LogP contribution < -0.4 is 10.6 Å². The number of amides is 1. The minimum absolute atomic E-state index is 0. The van der Waals surface area contributed by atoms with Crippen LogP contribution in [0, 0.1) is 5.92 Å². The van der Waals surface area contributed by atoms with E-state index < -0.39 is 0 Å². The Bertz CT molecular complexity index is 262. The van der Waals surface area contributed by atoms with Gasteiger partial charge in [0.15, 0.2) is 0 Å². The van der Waals surface area contributed by atoms with Gasteiger partial charge in [-0.1, -0.05) is 6.92 Å². The first kappa shape index (κ1) is 18.0. The van der Waals surface area contributed by atoms with E-state index in [4.69, 9.17) is 0 Å². The Kier molecular flexibility index (Phi) is 8.19. The van der Waals surface area contributed by atoms with E-state index in [0.29, 0.717) is 6.04 Å². The number of carbonyl (C=O) groups is 1. The molecule has 1 aliphatic heterocycles. The van der Waals surface area contributed by atoms with Gasteiger partial charge in [0, 0.05) is 37.6 Å². The number of nitrogens with one attached hydrogen (secondary N) is 2. The summed E-state index contributed by atoms with van der Waals surface area (Å²) in [4.78, 5) is 14.3. The van der Waals surface area contributed by atoms with Crippen molar-refractivity contribution in [3.63, 3.8) is 0 Å². The van der Waals surface area contributed by atoms with E-state index in [1.165, 1.54) is 12.8 Å². The molecule has 1 heterocycles. The molecule has 2 fully saturated rings. The van der Waals surface area contributed by atoms with E-state index >= 15 is 0 Å². The van der Waals surface area contributed by atoms with Gasteiger partial charge in [-0.2, -0.15) is 0 Å². The Morgan fingerprint density at radius 1 is 1.33 bits per heavy atom. The average Bonchev–Trinajstić information content (AvgIpc) is 3.01. The number of carbonyl (C=O) groups excluding carboxylic acids is 1. The number of hydrogen-bond donors (Lipinski definition) is 2. The Morgan fingerprint density at radius 2 is 2.00 bits per heavy atom. The van der Waals surface area contributed by atoms with Gasteiger partial charge in [-0.3, -0.25) is 9.69 Å². The molecule has 2 N–H and O–H groups in total. The van der Waals surface area contributed by atoms with Crippen molar-refractivity contribution in [1.82, 2.24) is 15.5 Å². The molecule has 4 nitrogen and oxygen atoms in total. The minimum Gasteiger partial charge on any atom is -0.352 e. The molecule has 1 saturated heterocycles. The van der Waals surface area contributed by atoms with E-state index in [2.05, 4.69) is 15.5 Å². The van der Waals surface area contributed by atoms with E-state index in [0.717, 1.165) is 32.1 Å². The summed E-state index contributed by atoms with van der Waals surface area (Å²) in [6.07, 6.45) is 3.84. The summed E-state index contributed by atoms with van der Waals surface area (Å²) >= 11 is 0. The van der Waals surface area contributed by atoms with Crippen LogP contribution in [0.25, 0.3) is 0 Å². The van der Waals surface area contributed by atoms with Crippen molar-refractivity contribution in [3.8, 4) is 0 Å². The van der Waals surface area contributed by atoms with Crippen LogP contribution in [-0.2, 0) is 4.79 Å². The molecular weight excluding hydrogens is 273 g/mol. The number of likely N-dealkylation sites (tertiary alicyclic amines) is 1. The molecule has 2 unspecified atom stereocenters. The molecule has 2 aliphatic rings. The summed E-state index contributed by atoms with van der Waals surface area (Å²) in [6.45, 7) is 4.95. The molecule has 0 bridgehead atoms. The highest BCUT2D eigenvalue weighted by Crippen LogP contribution is 2.29. The molecule has 2 rings (SSSR count). The smallest absolute Gasteiger partial charge is 0.224 e. The van der Waals surface area contributed by atoms with Crippen molar-refractivity contribution in [1.29, 1.82) is 0 Å². The highest BCUT2D eigenvalue weighted by Gasteiger charge is 2.34. The summed E-state index contributed by atoms with van der Waals surface area (Å²) in [5, 5.41) is 6.19. The van der Waals surface area contributed by atoms with Crippen LogP contribution in [0.5, 0.6) is 0 Å². The maximum Gasteiger partial charge on any atom is 0.224 e. The molecule has 0 spiro atoms. The second-order valence-corrected chi connectivity index (χ2v) is 5.18. The first-order chi connectivity index (χ1) is 7.70. The fourth-order valence-corrected chi connectivity index (χ4v) is 2.42. The topological polar surface area (TPSA) is 44.4 Å². The number of nitrogens with zero attached hydrogens (tertiary/aromatic N) is 1. The standard InChI is InChI=1S/C12H23N3O.2ClH/c1-9(7-13-2)12(16)14-10-5-6-15(8-10)11-3-4-11;;/h9-11,13H,3-8H2,1-2H3,(H,14,16);2*1H. The molecule has 1 amide bonds. The van der Waals surface area contributed by atoms with Gasteiger partial charge in [0.2, 0.25) is 5.91 Å². The largest absolute Gasteiger partial charge is 0.352 e. The molecule has 2 atom stereocenters. The molecule has 0 radical (unpaired) electrons. The Morgan fingerprint density at radius 3 is 2.56 bits per heavy atom. The van der Waals surface area contributed by atoms with E-state index in [1.807, 2.05) is 14.0 Å². The lowest BCUT2D eigenvalue weighted by Gasteiger charge is -2.18. The maximum absolute atomic E-state index is 11.8. The molecule has 6 heteroatoms. The van der Waals surface area contributed by atoms with Crippen molar-refractivity contribution in [3.05, 3.63) is 0 Å². The second-order valence-electron chi connectivity index (χ2n) is 5.18. The van der Waals surface area contributed by atoms with Gasteiger partial charge in [-0.25, -0.2) is 0 Å². The minimum atomic E-state index is 0. The normalized spacial score (nSPS) is 24.9. The van der Waals surface area contributed by atoms with Crippen LogP contribution >= 0.6 is 24.8 Å². The molecule has 108 valence electrons. The van der Waals surface area contributed by atoms with Crippen molar-refractivity contribution in [2.24, 2.45) is 5.92 Å². The van der Waals surface area contributed by atoms with Crippen LogP contribution in [-0.4, -0.2) is 49.6 Å². The zero-order valence-corrected chi connectivity index (χ0v) is 12.8. The first-order valence-electron chi connectivity index (χ1n) is 6.39. The van der Waals surface area contributed by atoms with Gasteiger partial charge in [-0.15, -0.1) is 24.8 Å². The summed E-state index contributed by atoms with van der Waals surface area (Å²) in [6, 6.07) is 1.21. The fourth-order valence-electron chi connectivity index (χ4n) is 2.42. The van der Waals surface area contributed by atoms with Gasteiger partial charge in [-0.05, 0) is 26.3 Å². The third-order valence-corrected chi connectivity index (χ3v) is 3.59. The van der Waals surface area contributed by atoms with Gasteiger partial charge in [0.1, 0.15) is 0 Å². The first-order valence-corrected chi connectivity index (χ1v) is 6.39. The lowest BCUT2D eigenvalue weighted by molar-refractivity contribution is -0.125. The van der Waals surface area contributed by atoms with Crippen molar-refractivity contribution < 1.29 is 4.79 Å². The fraction of sp³-hybridized carbons (Fsp3) is 0.917. The second kappa shape index (κ2) is 8.20. The van der Waals surface area contributed by atoms with E-state index in [9.17, 15) is 4.79 Å². The summed E-state index contributed by atoms with van der Waals surface area (Å²) in [7, 11) is 1.88. The van der Waals surface area contributed by atoms with Crippen LogP contribution in [0.3, 0.4) is 0 Å². The summed E-state index contributed by atoms with van der Waals surface area (Å²) in [5.74, 6) is 0.261. The SMILES string of the molecule is CNCC(C)C(=O)NC1CCN(C2CC2)C1.Cl.Cl. The predicted octanol–water partition coefficient (Wildman–Crippen LogP) is 1.04. The Hall–Kier alpha value is -0.0300. The summed E-state index contributed by atoms with van der Waals surface area (Å²) < 4.78 is 0. The third kappa shape index (κ3) is 4.92. The number of rotatable bonds is 5. The Labute approximate surface area is 122 Å². The van der Waals surface area contributed by atoms with E-state index in [-0.39, 0.29) is 36.6 Å². The molecule has 1 aliphatic carbocycles. The van der Waals surface area contributed by atoms with Crippen LogP contribution in [0.15, 0.2) is 0 Å². The van der Waals surface area contributed by atoms with Gasteiger partial charge in [0.25, 0.3) is 0 Å². The van der Waals surface area contributed by atoms with Gasteiger partial charge in [0.05, 0.1) is 0 Å². The number of hydrogen-bond acceptors (Lipinski definition) is 3. The van der Waals surface area contributed by atoms with Crippen LogP contribution in [0.1, 0.15) is 26.2 Å². The van der Waals surface area contributed by atoms with Crippen molar-refractivity contribution in [2.45, 2.75) is 38.3 Å².